The highest BCUT2D eigenvalue weighted by Crippen LogP contribution is 2.21. The van der Waals surface area contributed by atoms with Gasteiger partial charge in [-0.15, -0.1) is 0 Å². The van der Waals surface area contributed by atoms with Crippen LogP contribution in [0.5, 0.6) is 0 Å². The molecule has 0 saturated carbocycles. The van der Waals surface area contributed by atoms with Gasteiger partial charge < -0.3 is 10.1 Å². The van der Waals surface area contributed by atoms with Crippen molar-refractivity contribution in [1.82, 2.24) is 10.0 Å². The average Bonchev–Trinajstić information content (AvgIpc) is 3.20. The summed E-state index contributed by atoms with van der Waals surface area (Å²) in [6.45, 7) is 3.07. The average molecular weight is 403 g/mol. The summed E-state index contributed by atoms with van der Waals surface area (Å²) in [5.74, 6) is -0.212. The number of carbonyl (C=O) groups excluding carboxylic acids is 1. The number of aryl methyl sites for hydroxylation is 1. The molecule has 2 atom stereocenters. The third kappa shape index (κ3) is 5.64. The first-order valence-corrected chi connectivity index (χ1v) is 10.9. The molecule has 0 spiro atoms. The topological polar surface area (TPSA) is 84.5 Å². The van der Waals surface area contributed by atoms with Gasteiger partial charge in [0.1, 0.15) is 0 Å². The number of amides is 1. The van der Waals surface area contributed by atoms with Gasteiger partial charge in [-0.2, -0.15) is 0 Å². The van der Waals surface area contributed by atoms with E-state index in [0.29, 0.717) is 6.54 Å². The molecule has 1 fully saturated rings. The molecule has 2 N–H and O–H groups in total. The lowest BCUT2D eigenvalue weighted by molar-refractivity contribution is -0.122. The number of carbonyl (C=O) groups is 1. The van der Waals surface area contributed by atoms with Gasteiger partial charge in [0.25, 0.3) is 0 Å². The van der Waals surface area contributed by atoms with Crippen LogP contribution in [-0.2, 0) is 19.6 Å². The first-order chi connectivity index (χ1) is 13.4. The van der Waals surface area contributed by atoms with Crippen molar-refractivity contribution >= 4 is 15.9 Å². The van der Waals surface area contributed by atoms with E-state index >= 15 is 0 Å². The van der Waals surface area contributed by atoms with E-state index < -0.39 is 16.1 Å². The third-order valence-electron chi connectivity index (χ3n) is 4.77. The number of rotatable bonds is 8. The van der Waals surface area contributed by atoms with Crippen molar-refractivity contribution in [2.75, 3.05) is 13.2 Å². The minimum atomic E-state index is -3.76. The van der Waals surface area contributed by atoms with Gasteiger partial charge in [0.15, 0.2) is 0 Å². The minimum Gasteiger partial charge on any atom is -0.376 e. The van der Waals surface area contributed by atoms with Crippen molar-refractivity contribution < 1.29 is 17.9 Å². The summed E-state index contributed by atoms with van der Waals surface area (Å²) in [5.41, 5.74) is 1.72. The zero-order chi connectivity index (χ0) is 20.0. The number of sulfonamides is 1. The van der Waals surface area contributed by atoms with Crippen LogP contribution in [0, 0.1) is 6.92 Å². The molecule has 1 aliphatic heterocycles. The second-order valence-electron chi connectivity index (χ2n) is 7.04. The first kappa shape index (κ1) is 20.5. The van der Waals surface area contributed by atoms with E-state index in [2.05, 4.69) is 10.0 Å². The Morgan fingerprint density at radius 1 is 1.14 bits per heavy atom. The molecule has 2 aromatic rings. The molecule has 2 aromatic carbocycles. The van der Waals surface area contributed by atoms with Crippen LogP contribution in [0.1, 0.15) is 36.4 Å². The van der Waals surface area contributed by atoms with Crippen molar-refractivity contribution in [3.8, 4) is 0 Å². The Balaban J connectivity index is 1.71. The Morgan fingerprint density at radius 2 is 1.86 bits per heavy atom. The van der Waals surface area contributed by atoms with Crippen molar-refractivity contribution in [1.29, 1.82) is 0 Å². The molecule has 0 aliphatic carbocycles. The molecular weight excluding hydrogens is 376 g/mol. The number of hydrogen-bond acceptors (Lipinski definition) is 4. The SMILES string of the molecule is Cc1ccc(S(=O)(=O)N[C@@H](CC(=O)NC[C@H]2CCCO2)c2ccccc2)cc1. The number of hydrogen-bond donors (Lipinski definition) is 2. The van der Waals surface area contributed by atoms with Crippen LogP contribution in [0.15, 0.2) is 59.5 Å². The highest BCUT2D eigenvalue weighted by molar-refractivity contribution is 7.89. The summed E-state index contributed by atoms with van der Waals surface area (Å²) >= 11 is 0. The molecule has 7 heteroatoms. The maximum Gasteiger partial charge on any atom is 0.241 e. The van der Waals surface area contributed by atoms with Gasteiger partial charge in [-0.3, -0.25) is 4.79 Å². The Hall–Kier alpha value is -2.22. The second-order valence-corrected chi connectivity index (χ2v) is 8.75. The molecule has 150 valence electrons. The highest BCUT2D eigenvalue weighted by Gasteiger charge is 2.24. The first-order valence-electron chi connectivity index (χ1n) is 9.46. The minimum absolute atomic E-state index is 0.0157. The summed E-state index contributed by atoms with van der Waals surface area (Å²) in [4.78, 5) is 12.6. The molecule has 6 nitrogen and oxygen atoms in total. The fourth-order valence-corrected chi connectivity index (χ4v) is 4.40. The molecule has 1 amide bonds. The normalized spacial score (nSPS) is 18.0. The summed E-state index contributed by atoms with van der Waals surface area (Å²) in [6, 6.07) is 15.1. The molecule has 3 rings (SSSR count). The Kier molecular flexibility index (Phi) is 6.83. The lowest BCUT2D eigenvalue weighted by Gasteiger charge is -2.20. The standard InChI is InChI=1S/C21H26N2O4S/c1-16-9-11-19(12-10-16)28(25,26)23-20(17-6-3-2-4-7-17)14-21(24)22-15-18-8-5-13-27-18/h2-4,6-7,9-12,18,20,23H,5,8,13-15H2,1H3,(H,22,24)/t18-,20+/m1/s1. The van der Waals surface area contributed by atoms with Crippen LogP contribution in [0.3, 0.4) is 0 Å². The zero-order valence-electron chi connectivity index (χ0n) is 15.9. The quantitative estimate of drug-likeness (QED) is 0.711. The van der Waals surface area contributed by atoms with Gasteiger partial charge in [-0.05, 0) is 37.5 Å². The van der Waals surface area contributed by atoms with E-state index in [-0.39, 0.29) is 23.3 Å². The highest BCUT2D eigenvalue weighted by atomic mass is 32.2. The molecule has 28 heavy (non-hydrogen) atoms. The second kappa shape index (κ2) is 9.32. The molecule has 1 aliphatic rings. The zero-order valence-corrected chi connectivity index (χ0v) is 16.7. The molecule has 0 aromatic heterocycles. The van der Waals surface area contributed by atoms with Crippen molar-refractivity contribution in [2.45, 2.75) is 43.2 Å². The van der Waals surface area contributed by atoms with Crippen LogP contribution in [0.2, 0.25) is 0 Å². The van der Waals surface area contributed by atoms with Crippen LogP contribution in [0.4, 0.5) is 0 Å². The summed E-state index contributed by atoms with van der Waals surface area (Å²) in [7, 11) is -3.76. The van der Waals surface area contributed by atoms with Gasteiger partial charge >= 0.3 is 0 Å². The largest absolute Gasteiger partial charge is 0.376 e. The van der Waals surface area contributed by atoms with Crippen molar-refractivity contribution in [3.63, 3.8) is 0 Å². The van der Waals surface area contributed by atoms with E-state index in [1.807, 2.05) is 37.3 Å². The van der Waals surface area contributed by atoms with Gasteiger partial charge in [-0.25, -0.2) is 13.1 Å². The van der Waals surface area contributed by atoms with Gasteiger partial charge in [0.2, 0.25) is 15.9 Å². The lowest BCUT2D eigenvalue weighted by Crippen LogP contribution is -2.36. The maximum atomic E-state index is 12.8. The monoisotopic (exact) mass is 402 g/mol. The van der Waals surface area contributed by atoms with Crippen LogP contribution >= 0.6 is 0 Å². The Labute approximate surface area is 166 Å². The van der Waals surface area contributed by atoms with Crippen molar-refractivity contribution in [3.05, 3.63) is 65.7 Å². The van der Waals surface area contributed by atoms with E-state index in [4.69, 9.17) is 4.74 Å². The number of nitrogens with one attached hydrogen (secondary N) is 2. The van der Waals surface area contributed by atoms with E-state index in [1.54, 1.807) is 24.3 Å². The lowest BCUT2D eigenvalue weighted by atomic mass is 10.0. The summed E-state index contributed by atoms with van der Waals surface area (Å²) in [6.07, 6.45) is 2.00. The van der Waals surface area contributed by atoms with Gasteiger partial charge in [0.05, 0.1) is 17.0 Å². The Bertz CT molecular complexity index is 876. The predicted molar refractivity (Wildman–Crippen MR) is 107 cm³/mol. The Morgan fingerprint density at radius 3 is 2.50 bits per heavy atom. The van der Waals surface area contributed by atoms with E-state index in [0.717, 1.165) is 30.6 Å². The maximum absolute atomic E-state index is 12.8. The molecule has 0 radical (unpaired) electrons. The molecule has 0 bridgehead atoms. The van der Waals surface area contributed by atoms with Crippen LogP contribution in [0.25, 0.3) is 0 Å². The van der Waals surface area contributed by atoms with Gasteiger partial charge in [-0.1, -0.05) is 48.0 Å². The fourth-order valence-electron chi connectivity index (χ4n) is 3.18. The van der Waals surface area contributed by atoms with Crippen LogP contribution in [-0.4, -0.2) is 33.6 Å². The molecular formula is C21H26N2O4S. The predicted octanol–water partition coefficient (Wildman–Crippen LogP) is 2.70. The van der Waals surface area contributed by atoms with Crippen LogP contribution < -0.4 is 10.0 Å². The van der Waals surface area contributed by atoms with E-state index in [1.165, 1.54) is 0 Å². The fraction of sp³-hybridized carbons (Fsp3) is 0.381. The third-order valence-corrected chi connectivity index (χ3v) is 6.26. The molecule has 1 heterocycles. The van der Waals surface area contributed by atoms with Crippen molar-refractivity contribution in [2.24, 2.45) is 0 Å². The molecule has 1 saturated heterocycles. The smallest absolute Gasteiger partial charge is 0.241 e. The van der Waals surface area contributed by atoms with E-state index in [9.17, 15) is 13.2 Å². The number of ether oxygens (including phenoxy) is 1. The van der Waals surface area contributed by atoms with Gasteiger partial charge in [0, 0.05) is 19.6 Å². The number of benzene rings is 2. The summed E-state index contributed by atoms with van der Waals surface area (Å²) < 4.78 is 33.8. The summed E-state index contributed by atoms with van der Waals surface area (Å²) in [5, 5.41) is 2.86. The molecule has 0 unspecified atom stereocenters.